The van der Waals surface area contributed by atoms with Gasteiger partial charge in [-0.05, 0) is 38.0 Å². The van der Waals surface area contributed by atoms with E-state index in [1.165, 1.54) is 18.0 Å². The normalized spacial score (nSPS) is 18.1. The van der Waals surface area contributed by atoms with E-state index in [9.17, 15) is 24.0 Å². The Morgan fingerprint density at radius 1 is 0.949 bits per heavy atom. The molecule has 2 rings (SSSR count). The molecule has 3 unspecified atom stereocenters. The van der Waals surface area contributed by atoms with E-state index in [1.54, 1.807) is 0 Å². The van der Waals surface area contributed by atoms with Gasteiger partial charge in [-0.15, -0.1) is 6.58 Å². The van der Waals surface area contributed by atoms with Crippen LogP contribution in [0.15, 0.2) is 12.7 Å². The number of ketones is 1. The zero-order chi connectivity index (χ0) is 29.8. The van der Waals surface area contributed by atoms with Crippen LogP contribution in [0.25, 0.3) is 0 Å². The maximum Gasteiger partial charge on any atom is 0.315 e. The van der Waals surface area contributed by atoms with E-state index in [-0.39, 0.29) is 18.4 Å². The number of rotatable bonds is 12. The van der Waals surface area contributed by atoms with Crippen LogP contribution in [0.3, 0.4) is 0 Å². The van der Waals surface area contributed by atoms with Gasteiger partial charge in [0.25, 0.3) is 5.91 Å². The molecule has 1 aliphatic heterocycles. The molecule has 10 nitrogen and oxygen atoms in total. The van der Waals surface area contributed by atoms with Crippen LogP contribution in [-0.4, -0.2) is 72.7 Å². The van der Waals surface area contributed by atoms with Gasteiger partial charge in [0.2, 0.25) is 17.6 Å². The predicted octanol–water partition coefficient (Wildman–Crippen LogP) is 3.45. The minimum absolute atomic E-state index is 0.0188. The summed E-state index contributed by atoms with van der Waals surface area (Å²) in [7, 11) is 1.50. The maximum absolute atomic E-state index is 13.6. The maximum atomic E-state index is 13.6. The minimum atomic E-state index is -0.956. The van der Waals surface area contributed by atoms with Gasteiger partial charge in [-0.1, -0.05) is 72.8 Å². The third-order valence-corrected chi connectivity index (χ3v) is 6.85. The average Bonchev–Trinajstić information content (AvgIpc) is 3.48. The van der Waals surface area contributed by atoms with Crippen molar-refractivity contribution in [3.63, 3.8) is 0 Å². The summed E-state index contributed by atoms with van der Waals surface area (Å²) in [5.41, 5.74) is 0. The molecule has 0 aromatic rings. The second-order valence-electron chi connectivity index (χ2n) is 9.36. The second-order valence-corrected chi connectivity index (χ2v) is 9.36. The number of unbranched alkanes of at least 4 members (excludes halogenated alkanes) is 1. The summed E-state index contributed by atoms with van der Waals surface area (Å²) in [6.45, 7) is 14.0. The number of amides is 5. The van der Waals surface area contributed by atoms with E-state index in [1.807, 2.05) is 34.6 Å². The van der Waals surface area contributed by atoms with E-state index in [0.29, 0.717) is 32.2 Å². The fraction of sp³-hybridized carbons (Fsp3) is 0.759. The minimum Gasteiger partial charge on any atom is -0.346 e. The standard InChI is InChI=1S/C25H41N5O5.2C2H6/c1-4-6-13-18(21(31)23(33)27-15-5-2)28-22(32)19-14-10-16-30(19)24(34)20(29-25(35)26-3)17-11-8-7-9-12-17;2*1-2/h5,17-20H,2,4,6-16H2,1,3H3,(H,27,33)(H,28,32)(H2,26,29,35);2*1-2H3. The molecule has 4 N–H and O–H groups in total. The van der Waals surface area contributed by atoms with Crippen molar-refractivity contribution in [2.24, 2.45) is 5.92 Å². The lowest BCUT2D eigenvalue weighted by Crippen LogP contribution is -2.58. The number of nitrogens with one attached hydrogen (secondary N) is 4. The van der Waals surface area contributed by atoms with Crippen LogP contribution >= 0.6 is 0 Å². The van der Waals surface area contributed by atoms with Gasteiger partial charge in [0.05, 0.1) is 6.04 Å². The second kappa shape index (κ2) is 21.0. The first-order valence-electron chi connectivity index (χ1n) is 14.9. The molecule has 1 aliphatic carbocycles. The Hall–Kier alpha value is -2.91. The van der Waals surface area contributed by atoms with Gasteiger partial charge in [-0.2, -0.15) is 0 Å². The zero-order valence-electron chi connectivity index (χ0n) is 25.1. The third kappa shape index (κ3) is 11.8. The zero-order valence-corrected chi connectivity index (χ0v) is 25.1. The Labute approximate surface area is 235 Å². The van der Waals surface area contributed by atoms with E-state index in [4.69, 9.17) is 0 Å². The molecule has 2 fully saturated rings. The number of nitrogens with zero attached hydrogens (tertiary/aromatic N) is 1. The van der Waals surface area contributed by atoms with Crippen molar-refractivity contribution in [1.29, 1.82) is 0 Å². The number of hydrogen-bond donors (Lipinski definition) is 4. The largest absolute Gasteiger partial charge is 0.346 e. The summed E-state index contributed by atoms with van der Waals surface area (Å²) in [6.07, 6.45) is 9.20. The van der Waals surface area contributed by atoms with Crippen LogP contribution < -0.4 is 21.3 Å². The van der Waals surface area contributed by atoms with Crippen LogP contribution in [0.4, 0.5) is 4.79 Å². The third-order valence-electron chi connectivity index (χ3n) is 6.85. The molecule has 10 heteroatoms. The molecule has 0 aromatic heterocycles. The summed E-state index contributed by atoms with van der Waals surface area (Å²) >= 11 is 0. The van der Waals surface area contributed by atoms with Gasteiger partial charge in [-0.25, -0.2) is 4.79 Å². The van der Waals surface area contributed by atoms with E-state index < -0.39 is 41.8 Å². The molecule has 1 saturated heterocycles. The quantitative estimate of drug-likeness (QED) is 0.218. The fourth-order valence-corrected chi connectivity index (χ4v) is 4.90. The molecule has 5 amide bonds. The van der Waals surface area contributed by atoms with E-state index in [0.717, 1.165) is 38.5 Å². The molecule has 1 heterocycles. The van der Waals surface area contributed by atoms with Gasteiger partial charge in [-0.3, -0.25) is 19.2 Å². The van der Waals surface area contributed by atoms with Crippen LogP contribution in [0.1, 0.15) is 98.8 Å². The highest BCUT2D eigenvalue weighted by Crippen LogP contribution is 2.29. The summed E-state index contributed by atoms with van der Waals surface area (Å²) < 4.78 is 0. The SMILES string of the molecule is C=CCNC(=O)C(=O)C(CCCC)NC(=O)C1CCCN1C(=O)C(NC(=O)NC)C1CCCCC1.CC.CC. The Bertz CT molecular complexity index is 782. The number of carbonyl (C=O) groups is 5. The molecule has 224 valence electrons. The number of hydrogen-bond acceptors (Lipinski definition) is 5. The lowest BCUT2D eigenvalue weighted by atomic mass is 9.83. The Balaban J connectivity index is 0.00000344. The molecule has 39 heavy (non-hydrogen) atoms. The first-order valence-corrected chi connectivity index (χ1v) is 14.9. The van der Waals surface area contributed by atoms with Crippen LogP contribution in [-0.2, 0) is 19.2 Å². The number of likely N-dealkylation sites (tertiary alicyclic amines) is 1. The van der Waals surface area contributed by atoms with Gasteiger partial charge in [0.1, 0.15) is 12.1 Å². The van der Waals surface area contributed by atoms with Gasteiger partial charge >= 0.3 is 6.03 Å². The van der Waals surface area contributed by atoms with Crippen molar-refractivity contribution in [2.75, 3.05) is 20.1 Å². The summed E-state index contributed by atoms with van der Waals surface area (Å²) in [4.78, 5) is 65.4. The van der Waals surface area contributed by atoms with Gasteiger partial charge in [0, 0.05) is 20.1 Å². The van der Waals surface area contributed by atoms with Crippen molar-refractivity contribution < 1.29 is 24.0 Å². The molecular weight excluding hydrogens is 498 g/mol. The van der Waals surface area contributed by atoms with Crippen molar-refractivity contribution in [2.45, 2.75) is 117 Å². The molecule has 3 atom stereocenters. The highest BCUT2D eigenvalue weighted by atomic mass is 16.2. The predicted molar refractivity (Wildman–Crippen MR) is 155 cm³/mol. The molecule has 2 aliphatic rings. The summed E-state index contributed by atoms with van der Waals surface area (Å²) in [5, 5.41) is 10.5. The number of Topliss-reactive ketones (excluding diaryl/α,β-unsaturated/α-hetero) is 1. The molecule has 0 radical (unpaired) electrons. The van der Waals surface area contributed by atoms with Crippen molar-refractivity contribution in [3.8, 4) is 0 Å². The van der Waals surface area contributed by atoms with Crippen LogP contribution in [0.2, 0.25) is 0 Å². The topological polar surface area (TPSA) is 137 Å². The van der Waals surface area contributed by atoms with Gasteiger partial charge in [0.15, 0.2) is 0 Å². The van der Waals surface area contributed by atoms with Crippen molar-refractivity contribution >= 4 is 29.5 Å². The first-order chi connectivity index (χ1) is 18.8. The van der Waals surface area contributed by atoms with E-state index in [2.05, 4.69) is 27.8 Å². The highest BCUT2D eigenvalue weighted by Gasteiger charge is 2.41. The number of urea groups is 1. The lowest BCUT2D eigenvalue weighted by molar-refractivity contribution is -0.143. The number of carbonyl (C=O) groups excluding carboxylic acids is 5. The van der Waals surface area contributed by atoms with Gasteiger partial charge < -0.3 is 26.2 Å². The smallest absolute Gasteiger partial charge is 0.315 e. The molecule has 0 bridgehead atoms. The van der Waals surface area contributed by atoms with Crippen LogP contribution in [0.5, 0.6) is 0 Å². The average molecular weight is 552 g/mol. The van der Waals surface area contributed by atoms with E-state index >= 15 is 0 Å². The fourth-order valence-electron chi connectivity index (χ4n) is 4.90. The lowest BCUT2D eigenvalue weighted by Gasteiger charge is -2.34. The summed E-state index contributed by atoms with van der Waals surface area (Å²) in [5.74, 6) is -2.16. The van der Waals surface area contributed by atoms with Crippen LogP contribution in [0, 0.1) is 5.92 Å². The molecule has 1 saturated carbocycles. The Kier molecular flexibility index (Phi) is 19.4. The monoisotopic (exact) mass is 551 g/mol. The molecular formula is C29H53N5O5. The molecule has 0 spiro atoms. The Morgan fingerprint density at radius 3 is 2.15 bits per heavy atom. The van der Waals surface area contributed by atoms with Crippen molar-refractivity contribution in [3.05, 3.63) is 12.7 Å². The Morgan fingerprint density at radius 2 is 1.59 bits per heavy atom. The highest BCUT2D eigenvalue weighted by molar-refractivity contribution is 6.38. The summed E-state index contributed by atoms with van der Waals surface area (Å²) in [6, 6.07) is -2.83. The first kappa shape index (κ1) is 36.1. The molecule has 0 aromatic carbocycles. The van der Waals surface area contributed by atoms with Crippen molar-refractivity contribution in [1.82, 2.24) is 26.2 Å².